The maximum atomic E-state index is 12.6. The molecule has 0 bridgehead atoms. The van der Waals surface area contributed by atoms with Gasteiger partial charge in [-0.1, -0.05) is 0 Å². The number of nitrogens with one attached hydrogen (secondary N) is 1. The van der Waals surface area contributed by atoms with Gasteiger partial charge in [0.05, 0.1) is 4.92 Å². The number of fused-ring (bicyclic) bond motifs is 1. The van der Waals surface area contributed by atoms with Gasteiger partial charge in [-0.2, -0.15) is 0 Å². The molecule has 0 saturated heterocycles. The van der Waals surface area contributed by atoms with E-state index in [1.807, 2.05) is 0 Å². The van der Waals surface area contributed by atoms with Gasteiger partial charge in [-0.05, 0) is 26.0 Å². The zero-order valence-electron chi connectivity index (χ0n) is 14.6. The maximum Gasteiger partial charge on any atom is 0.466 e. The number of hydrogen-bond donors (Lipinski definition) is 2. The van der Waals surface area contributed by atoms with E-state index in [2.05, 4.69) is 5.32 Å². The van der Waals surface area contributed by atoms with Gasteiger partial charge in [-0.3, -0.25) is 25.0 Å². The fraction of sp³-hybridized carbons (Fsp3) is 0.312. The molecule has 3 atom stereocenters. The topological polar surface area (TPSA) is 168 Å². The van der Waals surface area contributed by atoms with E-state index < -0.39 is 49.3 Å². The van der Waals surface area contributed by atoms with Gasteiger partial charge in [0.15, 0.2) is 5.75 Å². The van der Waals surface area contributed by atoms with Crippen molar-refractivity contribution < 1.29 is 29.0 Å². The molecule has 0 fully saturated rings. The quantitative estimate of drug-likeness (QED) is 0.440. The molecule has 2 aromatic rings. The Morgan fingerprint density at radius 1 is 1.21 bits per heavy atom. The highest BCUT2D eigenvalue weighted by Crippen LogP contribution is 2.51. The van der Waals surface area contributed by atoms with Crippen LogP contribution in [0, 0.1) is 20.2 Å². The predicted octanol–water partition coefficient (Wildman–Crippen LogP) is 2.23. The molecule has 12 heteroatoms. The van der Waals surface area contributed by atoms with Gasteiger partial charge in [0, 0.05) is 28.4 Å². The Kier molecular flexibility index (Phi) is 4.79. The molecule has 1 amide bonds. The Morgan fingerprint density at radius 3 is 2.36 bits per heavy atom. The molecule has 148 valence electrons. The van der Waals surface area contributed by atoms with Gasteiger partial charge in [0.1, 0.15) is 28.7 Å². The van der Waals surface area contributed by atoms with Crippen molar-refractivity contribution in [3.63, 3.8) is 0 Å². The van der Waals surface area contributed by atoms with Crippen molar-refractivity contribution in [3.05, 3.63) is 61.0 Å². The van der Waals surface area contributed by atoms with Crippen molar-refractivity contribution in [1.82, 2.24) is 5.32 Å². The van der Waals surface area contributed by atoms with E-state index in [4.69, 9.17) is 4.74 Å². The van der Waals surface area contributed by atoms with Gasteiger partial charge in [0.25, 0.3) is 11.6 Å². The number of nitro benzene ring substituents is 1. The summed E-state index contributed by atoms with van der Waals surface area (Å²) in [5.41, 5.74) is -1.36. The number of benzene rings is 1. The monoisotopic (exact) mass is 409 g/mol. The number of aliphatic hydroxyl groups excluding tert-OH is 1. The van der Waals surface area contributed by atoms with Crippen LogP contribution in [0.5, 0.6) is 5.75 Å². The number of aliphatic hydroxyl groups is 1. The Morgan fingerprint density at radius 2 is 1.82 bits per heavy atom. The zero-order chi connectivity index (χ0) is 20.8. The number of rotatable bonds is 4. The first-order chi connectivity index (χ1) is 13.0. The molecule has 0 spiro atoms. The number of hydrogen-bond acceptors (Lipinski definition) is 8. The second-order valence-corrected chi connectivity index (χ2v) is 8.04. The van der Waals surface area contributed by atoms with Crippen molar-refractivity contribution in [2.45, 2.75) is 31.6 Å². The fourth-order valence-corrected chi connectivity index (χ4v) is 4.18. The number of nitro groups is 2. The number of carbonyl (C=O) groups is 1. The average molecular weight is 409 g/mol. The highest BCUT2D eigenvalue weighted by atomic mass is 32.2. The number of ether oxygens (including phenoxy) is 1. The van der Waals surface area contributed by atoms with Gasteiger partial charge < -0.3 is 19.7 Å². The molecule has 1 aliphatic rings. The van der Waals surface area contributed by atoms with E-state index in [0.29, 0.717) is 0 Å². The third-order valence-electron chi connectivity index (χ3n) is 4.38. The minimum absolute atomic E-state index is 0.0330. The number of thiophene rings is 1. The summed E-state index contributed by atoms with van der Waals surface area (Å²) in [6.07, 6.45) is -1.35. The van der Waals surface area contributed by atoms with Crippen LogP contribution in [0.2, 0.25) is 0 Å². The van der Waals surface area contributed by atoms with E-state index >= 15 is 0 Å². The number of carbonyl (C=O) groups excluding carboxylic acids is 1. The molecular weight excluding hydrogens is 394 g/mol. The number of nitrogens with zero attached hydrogens (tertiary/aromatic N) is 2. The summed E-state index contributed by atoms with van der Waals surface area (Å²) in [5, 5.41) is 34.3. The summed E-state index contributed by atoms with van der Waals surface area (Å²) in [4.78, 5) is 32.8. The van der Waals surface area contributed by atoms with E-state index in [-0.39, 0.29) is 21.9 Å². The second kappa shape index (κ2) is 6.82. The lowest BCUT2D eigenvalue weighted by Crippen LogP contribution is -2.53. The fourth-order valence-electron chi connectivity index (χ4n) is 2.90. The molecule has 1 aromatic heterocycles. The van der Waals surface area contributed by atoms with E-state index in [0.717, 1.165) is 18.2 Å². The minimum atomic E-state index is -2.22. The Labute approximate surface area is 160 Å². The lowest BCUT2D eigenvalue weighted by Gasteiger charge is -2.39. The predicted molar refractivity (Wildman–Crippen MR) is 95.8 cm³/mol. The van der Waals surface area contributed by atoms with Crippen molar-refractivity contribution in [2.75, 3.05) is 0 Å². The molecule has 0 aliphatic carbocycles. The van der Waals surface area contributed by atoms with Gasteiger partial charge in [-0.25, -0.2) is 0 Å². The standard InChI is InChI=1S/C16H15N3O8S/c1-16(2)14(20)12(13-10(27-16)7-11(19(24)25)28(13)26)17-15(21)8-3-5-9(6-4-8)18(22)23/h3-7,12,14,20H,1-2H3,(H,17,21). The van der Waals surface area contributed by atoms with Crippen LogP contribution < -0.4 is 10.1 Å². The van der Waals surface area contributed by atoms with Gasteiger partial charge in [0.2, 0.25) is 4.88 Å². The second-order valence-electron chi connectivity index (χ2n) is 6.64. The molecule has 1 aliphatic heterocycles. The van der Waals surface area contributed by atoms with Gasteiger partial charge >= 0.3 is 5.00 Å². The van der Waals surface area contributed by atoms with Crippen LogP contribution >= 0.6 is 10.8 Å². The minimum Gasteiger partial charge on any atom is -0.585 e. The third-order valence-corrected chi connectivity index (χ3v) is 5.88. The molecule has 3 unspecified atom stereocenters. The molecule has 0 saturated carbocycles. The summed E-state index contributed by atoms with van der Waals surface area (Å²) in [7, 11) is -2.22. The van der Waals surface area contributed by atoms with Crippen LogP contribution in [0.4, 0.5) is 10.7 Å². The smallest absolute Gasteiger partial charge is 0.466 e. The average Bonchev–Trinajstić information content (AvgIpc) is 2.94. The first-order valence-corrected chi connectivity index (χ1v) is 9.12. The molecule has 28 heavy (non-hydrogen) atoms. The summed E-state index contributed by atoms with van der Waals surface area (Å²) in [6.45, 7) is 3.04. The lowest BCUT2D eigenvalue weighted by molar-refractivity contribution is -0.384. The van der Waals surface area contributed by atoms with Crippen LogP contribution in [0.15, 0.2) is 30.3 Å². The first kappa shape index (κ1) is 19.7. The van der Waals surface area contributed by atoms with Gasteiger partial charge in [-0.15, -0.1) is 0 Å². The zero-order valence-corrected chi connectivity index (χ0v) is 15.5. The molecule has 3 rings (SSSR count). The van der Waals surface area contributed by atoms with Crippen molar-refractivity contribution in [3.8, 4) is 5.75 Å². The van der Waals surface area contributed by atoms with Crippen LogP contribution in [0.1, 0.15) is 35.1 Å². The molecular formula is C16H15N3O8S. The molecule has 2 N–H and O–H groups in total. The third kappa shape index (κ3) is 3.28. The van der Waals surface area contributed by atoms with Crippen LogP contribution in [-0.4, -0.2) is 37.1 Å². The number of amides is 1. The van der Waals surface area contributed by atoms with Crippen molar-refractivity contribution in [2.24, 2.45) is 0 Å². The summed E-state index contributed by atoms with van der Waals surface area (Å²) in [5.74, 6) is -0.732. The molecule has 11 nitrogen and oxygen atoms in total. The van der Waals surface area contributed by atoms with E-state index in [1.165, 1.54) is 26.0 Å². The Hall–Kier alpha value is -3.09. The Bertz CT molecular complexity index is 969. The van der Waals surface area contributed by atoms with E-state index in [9.17, 15) is 34.7 Å². The number of non-ortho nitro benzene ring substituents is 1. The van der Waals surface area contributed by atoms with Crippen LogP contribution in [-0.2, 0) is 0 Å². The van der Waals surface area contributed by atoms with Crippen molar-refractivity contribution in [1.29, 1.82) is 0 Å². The highest BCUT2D eigenvalue weighted by Gasteiger charge is 2.50. The lowest BCUT2D eigenvalue weighted by atomic mass is 9.90. The molecule has 0 radical (unpaired) electrons. The summed E-state index contributed by atoms with van der Waals surface area (Å²) >= 11 is 0. The SMILES string of the molecule is CC1(C)Oc2cc([N+](=O)[O-])[s+]([O-])c2C(NC(=O)c2ccc([N+](=O)[O-])cc2)C1O. The highest BCUT2D eigenvalue weighted by molar-refractivity contribution is 7.28. The van der Waals surface area contributed by atoms with E-state index in [1.54, 1.807) is 0 Å². The first-order valence-electron chi connectivity index (χ1n) is 7.97. The molecule has 1 aromatic carbocycles. The van der Waals surface area contributed by atoms with Crippen molar-refractivity contribution >= 4 is 27.3 Å². The largest absolute Gasteiger partial charge is 0.585 e. The maximum absolute atomic E-state index is 12.6. The normalized spacial score (nSPS) is 20.6. The summed E-state index contributed by atoms with van der Waals surface area (Å²) in [6, 6.07) is 4.55. The summed E-state index contributed by atoms with van der Waals surface area (Å²) < 4.78 is 18.1. The van der Waals surface area contributed by atoms with Crippen LogP contribution in [0.25, 0.3) is 0 Å². The van der Waals surface area contributed by atoms with Crippen LogP contribution in [0.3, 0.4) is 0 Å². The Balaban J connectivity index is 1.97. The molecule has 2 heterocycles.